The Hall–Kier alpha value is -3.42. The van der Waals surface area contributed by atoms with Crippen LogP contribution in [-0.2, 0) is 0 Å². The van der Waals surface area contributed by atoms with E-state index >= 15 is 0 Å². The van der Waals surface area contributed by atoms with Crippen molar-refractivity contribution in [1.82, 2.24) is 5.43 Å². The highest BCUT2D eigenvalue weighted by atomic mass is 16.6. The molecule has 3 rings (SSSR count). The van der Waals surface area contributed by atoms with Gasteiger partial charge in [-0.2, -0.15) is 5.10 Å². The lowest BCUT2D eigenvalue weighted by Crippen LogP contribution is -2.19. The molecule has 2 aromatic carbocycles. The lowest BCUT2D eigenvalue weighted by atomic mass is 10.2. The quantitative estimate of drug-likeness (QED) is 0.487. The molecule has 0 unspecified atom stereocenters. The number of anilines is 1. The third-order valence-corrected chi connectivity index (χ3v) is 4.18. The molecule has 8 nitrogen and oxygen atoms in total. The Kier molecular flexibility index (Phi) is 5.12. The average Bonchev–Trinajstić information content (AvgIpc) is 3.16. The van der Waals surface area contributed by atoms with E-state index < -0.39 is 10.8 Å². The molecule has 0 saturated carbocycles. The zero-order chi connectivity index (χ0) is 18.5. The number of phenolic OH excluding ortho intramolecular Hbond substituents is 1. The molecule has 0 spiro atoms. The number of hydrogen-bond donors (Lipinski definition) is 2. The zero-order valence-electron chi connectivity index (χ0n) is 14.0. The van der Waals surface area contributed by atoms with Crippen molar-refractivity contribution in [1.29, 1.82) is 0 Å². The summed E-state index contributed by atoms with van der Waals surface area (Å²) in [5, 5.41) is 24.2. The molecule has 0 aromatic heterocycles. The predicted octanol–water partition coefficient (Wildman–Crippen LogP) is 2.66. The van der Waals surface area contributed by atoms with Crippen molar-refractivity contribution in [2.45, 2.75) is 12.8 Å². The average molecular weight is 354 g/mol. The van der Waals surface area contributed by atoms with Crippen molar-refractivity contribution in [2.75, 3.05) is 18.0 Å². The SMILES string of the molecule is O=C(N/N=C\c1cc(O)ccc1[N+](=O)[O-])c1ccc(N2CCCC2)cc1. The number of carbonyl (C=O) groups excluding carboxylic acids is 1. The fraction of sp³-hybridized carbons (Fsp3) is 0.222. The van der Waals surface area contributed by atoms with Crippen molar-refractivity contribution >= 4 is 23.5 Å². The summed E-state index contributed by atoms with van der Waals surface area (Å²) in [5.74, 6) is -0.544. The van der Waals surface area contributed by atoms with Crippen LogP contribution < -0.4 is 10.3 Å². The molecule has 2 N–H and O–H groups in total. The second kappa shape index (κ2) is 7.64. The third kappa shape index (κ3) is 3.97. The van der Waals surface area contributed by atoms with Crippen LogP contribution in [0.4, 0.5) is 11.4 Å². The molecular weight excluding hydrogens is 336 g/mol. The van der Waals surface area contributed by atoms with E-state index in [4.69, 9.17) is 0 Å². The molecular formula is C18H18N4O4. The summed E-state index contributed by atoms with van der Waals surface area (Å²) in [4.78, 5) is 24.8. The van der Waals surface area contributed by atoms with Crippen molar-refractivity contribution in [3.63, 3.8) is 0 Å². The number of aromatic hydroxyl groups is 1. The van der Waals surface area contributed by atoms with E-state index in [9.17, 15) is 20.0 Å². The molecule has 1 fully saturated rings. The van der Waals surface area contributed by atoms with Gasteiger partial charge in [-0.3, -0.25) is 14.9 Å². The van der Waals surface area contributed by atoms with Crippen LogP contribution in [0, 0.1) is 10.1 Å². The summed E-state index contributed by atoms with van der Waals surface area (Å²) in [5.41, 5.74) is 3.74. The van der Waals surface area contributed by atoms with Crippen molar-refractivity contribution in [2.24, 2.45) is 5.10 Å². The highest BCUT2D eigenvalue weighted by Gasteiger charge is 2.14. The van der Waals surface area contributed by atoms with Crippen molar-refractivity contribution in [3.8, 4) is 5.75 Å². The number of benzene rings is 2. The smallest absolute Gasteiger partial charge is 0.278 e. The molecule has 8 heteroatoms. The molecule has 1 saturated heterocycles. The molecule has 1 aliphatic heterocycles. The summed E-state index contributed by atoms with van der Waals surface area (Å²) in [6, 6.07) is 10.8. The van der Waals surface area contributed by atoms with Gasteiger partial charge in [-0.25, -0.2) is 5.43 Å². The number of hydrogen-bond acceptors (Lipinski definition) is 6. The van der Waals surface area contributed by atoms with E-state index in [0.717, 1.165) is 25.0 Å². The zero-order valence-corrected chi connectivity index (χ0v) is 14.0. The molecule has 0 aliphatic carbocycles. The normalized spacial score (nSPS) is 13.9. The minimum absolute atomic E-state index is 0.0969. The van der Waals surface area contributed by atoms with E-state index in [-0.39, 0.29) is 17.0 Å². The minimum Gasteiger partial charge on any atom is -0.508 e. The lowest BCUT2D eigenvalue weighted by molar-refractivity contribution is -0.385. The number of carbonyl (C=O) groups is 1. The Morgan fingerprint density at radius 2 is 1.88 bits per heavy atom. The summed E-state index contributed by atoms with van der Waals surface area (Å²) in [6.45, 7) is 2.05. The standard InChI is InChI=1S/C18H18N4O4/c23-16-7-8-17(22(25)26)14(11-16)12-19-20-18(24)13-3-5-15(6-4-13)21-9-1-2-10-21/h3-8,11-12,23H,1-2,9-10H2,(H,20,24)/b19-12-. The van der Waals surface area contributed by atoms with Crippen LogP contribution in [0.5, 0.6) is 5.75 Å². The second-order valence-electron chi connectivity index (χ2n) is 5.94. The number of nitrogens with zero attached hydrogens (tertiary/aromatic N) is 3. The van der Waals surface area contributed by atoms with Gasteiger partial charge < -0.3 is 10.0 Å². The van der Waals surface area contributed by atoms with Crippen molar-refractivity contribution in [3.05, 3.63) is 63.7 Å². The Morgan fingerprint density at radius 3 is 2.54 bits per heavy atom. The minimum atomic E-state index is -0.584. The number of nitrogens with one attached hydrogen (secondary N) is 1. The number of phenols is 1. The number of amides is 1. The maximum atomic E-state index is 12.1. The molecule has 134 valence electrons. The van der Waals surface area contributed by atoms with Gasteiger partial charge >= 0.3 is 0 Å². The largest absolute Gasteiger partial charge is 0.508 e. The summed E-state index contributed by atoms with van der Waals surface area (Å²) >= 11 is 0. The Labute approximate surface area is 149 Å². The topological polar surface area (TPSA) is 108 Å². The maximum Gasteiger partial charge on any atom is 0.278 e. The highest BCUT2D eigenvalue weighted by molar-refractivity contribution is 5.95. The van der Waals surface area contributed by atoms with Crippen LogP contribution in [0.2, 0.25) is 0 Å². The fourth-order valence-corrected chi connectivity index (χ4v) is 2.84. The second-order valence-corrected chi connectivity index (χ2v) is 5.94. The summed E-state index contributed by atoms with van der Waals surface area (Å²) in [6.07, 6.45) is 3.49. The molecule has 26 heavy (non-hydrogen) atoms. The first-order chi connectivity index (χ1) is 12.5. The van der Waals surface area contributed by atoms with E-state index in [1.807, 2.05) is 12.1 Å². The van der Waals surface area contributed by atoms with Crippen LogP contribution in [0.15, 0.2) is 47.6 Å². The summed E-state index contributed by atoms with van der Waals surface area (Å²) < 4.78 is 0. The van der Waals surface area contributed by atoms with Gasteiger partial charge in [-0.15, -0.1) is 0 Å². The van der Waals surface area contributed by atoms with Gasteiger partial charge in [-0.05, 0) is 49.2 Å². The molecule has 0 radical (unpaired) electrons. The van der Waals surface area contributed by atoms with Crippen LogP contribution >= 0.6 is 0 Å². The first-order valence-corrected chi connectivity index (χ1v) is 8.20. The van der Waals surface area contributed by atoms with Gasteiger partial charge in [0.05, 0.1) is 16.7 Å². The number of hydrazone groups is 1. The Morgan fingerprint density at radius 1 is 1.19 bits per heavy atom. The van der Waals surface area contributed by atoms with Gasteiger partial charge in [0.2, 0.25) is 0 Å². The molecule has 1 heterocycles. The van der Waals surface area contributed by atoms with E-state index in [2.05, 4.69) is 15.4 Å². The first kappa shape index (κ1) is 17.4. The monoisotopic (exact) mass is 354 g/mol. The molecule has 0 atom stereocenters. The number of rotatable bonds is 5. The van der Waals surface area contributed by atoms with Crippen molar-refractivity contribution < 1.29 is 14.8 Å². The van der Waals surface area contributed by atoms with Crippen LogP contribution in [0.25, 0.3) is 0 Å². The molecule has 2 aromatic rings. The maximum absolute atomic E-state index is 12.1. The van der Waals surface area contributed by atoms with Gasteiger partial charge in [0.25, 0.3) is 11.6 Å². The lowest BCUT2D eigenvalue weighted by Gasteiger charge is -2.17. The predicted molar refractivity (Wildman–Crippen MR) is 97.7 cm³/mol. The molecule has 0 bridgehead atoms. The van der Waals surface area contributed by atoms with Gasteiger partial charge in [0, 0.05) is 30.4 Å². The number of nitro groups is 1. The van der Waals surface area contributed by atoms with E-state index in [0.29, 0.717) is 5.56 Å². The van der Waals surface area contributed by atoms with Crippen LogP contribution in [0.3, 0.4) is 0 Å². The number of nitro benzene ring substituents is 1. The summed E-state index contributed by atoms with van der Waals surface area (Å²) in [7, 11) is 0. The Bertz CT molecular complexity index is 843. The highest BCUT2D eigenvalue weighted by Crippen LogP contribution is 2.22. The molecule has 1 aliphatic rings. The Balaban J connectivity index is 1.66. The van der Waals surface area contributed by atoms with Crippen LogP contribution in [0.1, 0.15) is 28.8 Å². The van der Waals surface area contributed by atoms with E-state index in [1.165, 1.54) is 31.0 Å². The van der Waals surface area contributed by atoms with Gasteiger partial charge in [0.1, 0.15) is 5.75 Å². The van der Waals surface area contributed by atoms with Crippen LogP contribution in [-0.4, -0.2) is 35.2 Å². The van der Waals surface area contributed by atoms with E-state index in [1.54, 1.807) is 12.1 Å². The first-order valence-electron chi connectivity index (χ1n) is 8.20. The van der Waals surface area contributed by atoms with Gasteiger partial charge in [0.15, 0.2) is 0 Å². The molecule has 1 amide bonds. The third-order valence-electron chi connectivity index (χ3n) is 4.18. The fourth-order valence-electron chi connectivity index (χ4n) is 2.84. The van der Waals surface area contributed by atoms with Gasteiger partial charge in [-0.1, -0.05) is 0 Å².